The summed E-state index contributed by atoms with van der Waals surface area (Å²) in [7, 11) is 0. The molecule has 23 heavy (non-hydrogen) atoms. The number of imide groups is 1. The van der Waals surface area contributed by atoms with E-state index in [1.807, 2.05) is 0 Å². The Kier molecular flexibility index (Phi) is 6.13. The molecule has 1 aliphatic heterocycles. The summed E-state index contributed by atoms with van der Waals surface area (Å²) in [4.78, 5) is 27.4. The van der Waals surface area contributed by atoms with Crippen molar-refractivity contribution >= 4 is 11.8 Å². The van der Waals surface area contributed by atoms with Gasteiger partial charge >= 0.3 is 0 Å². The predicted octanol–water partition coefficient (Wildman–Crippen LogP) is 4.83. The molecule has 2 amide bonds. The minimum atomic E-state index is 0.0256. The largest absolute Gasteiger partial charge is 0.279 e. The van der Waals surface area contributed by atoms with Gasteiger partial charge in [0.2, 0.25) is 11.8 Å². The molecule has 2 saturated carbocycles. The zero-order valence-corrected chi connectivity index (χ0v) is 14.6. The van der Waals surface area contributed by atoms with Gasteiger partial charge in [-0.2, -0.15) is 0 Å². The van der Waals surface area contributed by atoms with Crippen LogP contribution in [0, 0.1) is 11.8 Å². The second kappa shape index (κ2) is 8.30. The molecule has 0 aromatic heterocycles. The van der Waals surface area contributed by atoms with Crippen molar-refractivity contribution < 1.29 is 9.59 Å². The second-order valence-corrected chi connectivity index (χ2v) is 7.96. The summed E-state index contributed by atoms with van der Waals surface area (Å²) >= 11 is 0. The Hall–Kier alpha value is -0.860. The van der Waals surface area contributed by atoms with Gasteiger partial charge in [0.05, 0.1) is 11.8 Å². The summed E-state index contributed by atoms with van der Waals surface area (Å²) in [6.07, 6.45) is 17.8. The maximum atomic E-state index is 12.8. The van der Waals surface area contributed by atoms with E-state index in [0.29, 0.717) is 0 Å². The van der Waals surface area contributed by atoms with E-state index in [-0.39, 0.29) is 29.7 Å². The highest BCUT2D eigenvalue weighted by atomic mass is 16.2. The van der Waals surface area contributed by atoms with Gasteiger partial charge in [0.1, 0.15) is 0 Å². The van der Waals surface area contributed by atoms with E-state index in [9.17, 15) is 9.59 Å². The van der Waals surface area contributed by atoms with Gasteiger partial charge in [-0.25, -0.2) is 0 Å². The Morgan fingerprint density at radius 2 is 0.870 bits per heavy atom. The lowest BCUT2D eigenvalue weighted by Crippen LogP contribution is -2.40. The van der Waals surface area contributed by atoms with Crippen molar-refractivity contribution in [2.45, 2.75) is 102 Å². The lowest BCUT2D eigenvalue weighted by atomic mass is 9.81. The van der Waals surface area contributed by atoms with E-state index >= 15 is 0 Å². The van der Waals surface area contributed by atoms with Crippen LogP contribution in [-0.4, -0.2) is 22.8 Å². The summed E-state index contributed by atoms with van der Waals surface area (Å²) in [5.41, 5.74) is 0. The number of hydrogen-bond acceptors (Lipinski definition) is 2. The molecule has 0 radical (unpaired) electrons. The minimum absolute atomic E-state index is 0.0256. The molecule has 3 heteroatoms. The van der Waals surface area contributed by atoms with Crippen LogP contribution in [0.5, 0.6) is 0 Å². The van der Waals surface area contributed by atoms with Crippen LogP contribution in [-0.2, 0) is 9.59 Å². The Balaban J connectivity index is 1.66. The number of likely N-dealkylation sites (tertiary alicyclic amines) is 1. The van der Waals surface area contributed by atoms with Crippen LogP contribution in [0.3, 0.4) is 0 Å². The quantitative estimate of drug-likeness (QED) is 0.649. The highest BCUT2D eigenvalue weighted by molar-refractivity contribution is 6.05. The van der Waals surface area contributed by atoms with Crippen LogP contribution in [0.4, 0.5) is 0 Å². The van der Waals surface area contributed by atoms with E-state index in [0.717, 1.165) is 38.5 Å². The molecular formula is C20H33NO2. The lowest BCUT2D eigenvalue weighted by Gasteiger charge is -2.27. The van der Waals surface area contributed by atoms with Gasteiger partial charge in [0, 0.05) is 6.04 Å². The maximum Gasteiger partial charge on any atom is 0.233 e. The maximum absolute atomic E-state index is 12.8. The highest BCUT2D eigenvalue weighted by Gasteiger charge is 2.49. The molecule has 1 saturated heterocycles. The Labute approximate surface area is 141 Å². The fraction of sp³-hybridized carbons (Fsp3) is 0.900. The average molecular weight is 319 g/mol. The van der Waals surface area contributed by atoms with Crippen LogP contribution >= 0.6 is 0 Å². The third-order valence-electron chi connectivity index (χ3n) is 6.32. The van der Waals surface area contributed by atoms with Crippen molar-refractivity contribution in [2.75, 3.05) is 0 Å². The number of carbonyl (C=O) groups is 2. The SMILES string of the molecule is O=C1[C@@H]2CCCC[C@H]2C(=O)N1C1CCCCCCCCCCC1. The Morgan fingerprint density at radius 1 is 0.522 bits per heavy atom. The summed E-state index contributed by atoms with van der Waals surface area (Å²) in [6, 6.07) is 0.194. The number of amides is 2. The third-order valence-corrected chi connectivity index (χ3v) is 6.32. The fourth-order valence-electron chi connectivity index (χ4n) is 4.95. The van der Waals surface area contributed by atoms with Gasteiger partial charge in [0.15, 0.2) is 0 Å². The van der Waals surface area contributed by atoms with E-state index < -0.39 is 0 Å². The molecule has 3 rings (SSSR count). The van der Waals surface area contributed by atoms with Crippen LogP contribution in [0.1, 0.15) is 96.3 Å². The zero-order chi connectivity index (χ0) is 16.1. The molecule has 0 aromatic carbocycles. The van der Waals surface area contributed by atoms with Crippen LogP contribution in [0.2, 0.25) is 0 Å². The van der Waals surface area contributed by atoms with E-state index in [4.69, 9.17) is 0 Å². The van der Waals surface area contributed by atoms with E-state index in [2.05, 4.69) is 0 Å². The smallest absolute Gasteiger partial charge is 0.233 e. The Morgan fingerprint density at radius 3 is 1.30 bits per heavy atom. The molecular weight excluding hydrogens is 286 g/mol. The van der Waals surface area contributed by atoms with Gasteiger partial charge in [0.25, 0.3) is 0 Å². The van der Waals surface area contributed by atoms with Crippen molar-refractivity contribution in [2.24, 2.45) is 11.8 Å². The predicted molar refractivity (Wildman–Crippen MR) is 91.9 cm³/mol. The average Bonchev–Trinajstić information content (AvgIpc) is 2.81. The number of carbonyl (C=O) groups excluding carboxylic acids is 2. The van der Waals surface area contributed by atoms with E-state index in [1.165, 1.54) is 57.8 Å². The standard InChI is InChI=1S/C20H33NO2/c22-19-17-14-10-11-15-18(17)20(23)21(19)16-12-8-6-4-2-1-3-5-7-9-13-16/h16-18H,1-15H2/t17-,18-/m1/s1. The molecule has 0 bridgehead atoms. The van der Waals surface area contributed by atoms with Gasteiger partial charge in [-0.15, -0.1) is 0 Å². The summed E-state index contributed by atoms with van der Waals surface area (Å²) in [5.74, 6) is 0.406. The number of rotatable bonds is 1. The van der Waals surface area contributed by atoms with Gasteiger partial charge in [-0.1, -0.05) is 70.6 Å². The topological polar surface area (TPSA) is 37.4 Å². The molecule has 2 aliphatic carbocycles. The first-order valence-electron chi connectivity index (χ1n) is 10.2. The first kappa shape index (κ1) is 17.0. The minimum Gasteiger partial charge on any atom is -0.279 e. The number of nitrogens with zero attached hydrogens (tertiary/aromatic N) is 1. The molecule has 0 aromatic rings. The number of fused-ring (bicyclic) bond motifs is 1. The summed E-state index contributed by atoms with van der Waals surface area (Å²) in [6.45, 7) is 0. The van der Waals surface area contributed by atoms with Crippen LogP contribution in [0.15, 0.2) is 0 Å². The lowest BCUT2D eigenvalue weighted by molar-refractivity contribution is -0.143. The molecule has 1 heterocycles. The monoisotopic (exact) mass is 319 g/mol. The van der Waals surface area contributed by atoms with Crippen molar-refractivity contribution in [1.82, 2.24) is 4.90 Å². The molecule has 0 unspecified atom stereocenters. The van der Waals surface area contributed by atoms with Gasteiger partial charge < -0.3 is 0 Å². The summed E-state index contributed by atoms with van der Waals surface area (Å²) < 4.78 is 0. The molecule has 0 N–H and O–H groups in total. The highest BCUT2D eigenvalue weighted by Crippen LogP contribution is 2.40. The molecule has 2 atom stereocenters. The van der Waals surface area contributed by atoms with Crippen LogP contribution in [0.25, 0.3) is 0 Å². The first-order chi connectivity index (χ1) is 11.3. The van der Waals surface area contributed by atoms with Crippen LogP contribution < -0.4 is 0 Å². The van der Waals surface area contributed by atoms with Gasteiger partial charge in [-0.05, 0) is 25.7 Å². The normalized spacial score (nSPS) is 32.3. The molecule has 3 nitrogen and oxygen atoms in total. The van der Waals surface area contributed by atoms with Crippen molar-refractivity contribution in [3.63, 3.8) is 0 Å². The summed E-state index contributed by atoms with van der Waals surface area (Å²) in [5, 5.41) is 0. The van der Waals surface area contributed by atoms with Crippen molar-refractivity contribution in [3.05, 3.63) is 0 Å². The molecule has 3 fully saturated rings. The fourth-order valence-corrected chi connectivity index (χ4v) is 4.95. The Bertz CT molecular complexity index is 384. The van der Waals surface area contributed by atoms with E-state index in [1.54, 1.807) is 4.90 Å². The molecule has 0 spiro atoms. The molecule has 3 aliphatic rings. The second-order valence-electron chi connectivity index (χ2n) is 7.96. The van der Waals surface area contributed by atoms with Gasteiger partial charge in [-0.3, -0.25) is 14.5 Å². The van der Waals surface area contributed by atoms with Crippen molar-refractivity contribution in [1.29, 1.82) is 0 Å². The molecule has 130 valence electrons. The number of hydrogen-bond donors (Lipinski definition) is 0. The third kappa shape index (κ3) is 3.97. The zero-order valence-electron chi connectivity index (χ0n) is 14.6. The first-order valence-corrected chi connectivity index (χ1v) is 10.2. The van der Waals surface area contributed by atoms with Crippen molar-refractivity contribution in [3.8, 4) is 0 Å².